The van der Waals surface area contributed by atoms with Crippen LogP contribution in [0, 0.1) is 13.8 Å². The molecule has 0 heterocycles. The summed E-state index contributed by atoms with van der Waals surface area (Å²) >= 11 is 0. The highest BCUT2D eigenvalue weighted by Gasteiger charge is 2.12. The van der Waals surface area contributed by atoms with E-state index in [0.717, 1.165) is 0 Å². The van der Waals surface area contributed by atoms with E-state index >= 15 is 0 Å². The quantitative estimate of drug-likeness (QED) is 0.238. The summed E-state index contributed by atoms with van der Waals surface area (Å²) in [7, 11) is 0. The number of hydrogen-bond donors (Lipinski definition) is 0. The molecule has 0 aromatic heterocycles. The molecule has 0 bridgehead atoms. The Hall–Kier alpha value is -2.60. The van der Waals surface area contributed by atoms with Gasteiger partial charge in [-0.05, 0) is 107 Å². The van der Waals surface area contributed by atoms with Gasteiger partial charge in [0.15, 0.2) is 0 Å². The molecule has 29 heavy (non-hydrogen) atoms. The lowest BCUT2D eigenvalue weighted by Crippen LogP contribution is -2.08. The van der Waals surface area contributed by atoms with Crippen molar-refractivity contribution in [1.29, 1.82) is 0 Å². The van der Waals surface area contributed by atoms with Gasteiger partial charge in [-0.25, -0.2) is 0 Å². The van der Waals surface area contributed by atoms with Crippen LogP contribution >= 0.6 is 0 Å². The predicted octanol–water partition coefficient (Wildman–Crippen LogP) is 7.66. The van der Waals surface area contributed by atoms with Crippen molar-refractivity contribution in [3.05, 3.63) is 94.0 Å². The summed E-state index contributed by atoms with van der Waals surface area (Å²) in [6, 6.07) is 23.1. The molecule has 0 atom stereocenters. The van der Waals surface area contributed by atoms with Crippen molar-refractivity contribution in [3.8, 4) is 0 Å². The normalized spacial score (nSPS) is 12.9. The average Bonchev–Trinajstić information content (AvgIpc) is 2.73. The highest BCUT2D eigenvalue weighted by molar-refractivity contribution is 6.05. The molecular formula is C29H30. The molecule has 0 amide bonds. The van der Waals surface area contributed by atoms with Crippen LogP contribution < -0.4 is 0 Å². The van der Waals surface area contributed by atoms with E-state index in [1.54, 1.807) is 11.1 Å². The lowest BCUT2D eigenvalue weighted by atomic mass is 9.86. The van der Waals surface area contributed by atoms with Gasteiger partial charge in [0.1, 0.15) is 0 Å². The van der Waals surface area contributed by atoms with Gasteiger partial charge in [0, 0.05) is 0 Å². The Morgan fingerprint density at radius 1 is 0.552 bits per heavy atom. The van der Waals surface area contributed by atoms with Gasteiger partial charge < -0.3 is 0 Å². The van der Waals surface area contributed by atoms with E-state index in [9.17, 15) is 0 Å². The van der Waals surface area contributed by atoms with Gasteiger partial charge >= 0.3 is 0 Å². The molecule has 0 heteroatoms. The molecule has 0 saturated carbocycles. The molecule has 0 fully saturated rings. The predicted molar refractivity (Wildman–Crippen MR) is 126 cm³/mol. The van der Waals surface area contributed by atoms with Gasteiger partial charge in [-0.1, -0.05) is 67.1 Å². The molecule has 1 aliphatic rings. The van der Waals surface area contributed by atoms with Crippen LogP contribution in [0.4, 0.5) is 0 Å². The van der Waals surface area contributed by atoms with Crippen molar-refractivity contribution in [2.75, 3.05) is 0 Å². The van der Waals surface area contributed by atoms with E-state index in [0.29, 0.717) is 0 Å². The van der Waals surface area contributed by atoms with E-state index < -0.39 is 0 Å². The molecular weight excluding hydrogens is 348 g/mol. The Morgan fingerprint density at radius 3 is 1.79 bits per heavy atom. The maximum atomic E-state index is 2.45. The zero-order valence-corrected chi connectivity index (χ0v) is 17.7. The van der Waals surface area contributed by atoms with Crippen molar-refractivity contribution in [2.24, 2.45) is 0 Å². The summed E-state index contributed by atoms with van der Waals surface area (Å²) in [6.45, 7) is 4.54. The van der Waals surface area contributed by atoms with Crippen molar-refractivity contribution >= 4 is 21.5 Å². The summed E-state index contributed by atoms with van der Waals surface area (Å²) in [4.78, 5) is 0. The third-order valence-electron chi connectivity index (χ3n) is 6.99. The van der Waals surface area contributed by atoms with Crippen LogP contribution in [-0.4, -0.2) is 0 Å². The number of rotatable bonds is 6. The summed E-state index contributed by atoms with van der Waals surface area (Å²) in [6.07, 6.45) is 8.89. The Bertz CT molecular complexity index is 1200. The minimum Gasteiger partial charge on any atom is -0.0616 e. The molecule has 0 N–H and O–H groups in total. The molecule has 0 unspecified atom stereocenters. The first-order valence-electron chi connectivity index (χ1n) is 11.2. The van der Waals surface area contributed by atoms with Gasteiger partial charge in [-0.3, -0.25) is 0 Å². The minimum atomic E-state index is 1.19. The van der Waals surface area contributed by atoms with Gasteiger partial charge in [-0.15, -0.1) is 0 Å². The number of benzene rings is 4. The molecule has 0 spiro atoms. The number of unbranched alkanes of at least 4 members (excludes halogenated alkanes) is 2. The smallest absolute Gasteiger partial charge is 0.0143 e. The minimum absolute atomic E-state index is 1.19. The number of aryl methyl sites for hydroxylation is 6. The van der Waals surface area contributed by atoms with E-state index in [4.69, 9.17) is 0 Å². The maximum Gasteiger partial charge on any atom is -0.0143 e. The molecule has 0 radical (unpaired) electrons. The molecule has 1 aliphatic carbocycles. The van der Waals surface area contributed by atoms with Crippen LogP contribution in [0.3, 0.4) is 0 Å². The lowest BCUT2D eigenvalue weighted by Gasteiger charge is -2.19. The summed E-state index contributed by atoms with van der Waals surface area (Å²) in [5, 5.41) is 5.63. The van der Waals surface area contributed by atoms with Crippen LogP contribution in [0.1, 0.15) is 52.6 Å². The standard InChI is InChI=1S/C29H30/c1-20-26-10-6-7-11-27(26)21(2)29-19-23(13-17-28(20)29)9-5-3-4-8-22-12-14-24-15-16-25(24)18-22/h6-7,10-14,17-19H,3-5,8-9,15-16H2,1-2H3. The van der Waals surface area contributed by atoms with Gasteiger partial charge in [-0.2, -0.15) is 0 Å². The van der Waals surface area contributed by atoms with Gasteiger partial charge in [0.25, 0.3) is 0 Å². The van der Waals surface area contributed by atoms with Crippen LogP contribution in [-0.2, 0) is 25.7 Å². The average molecular weight is 379 g/mol. The molecule has 0 saturated heterocycles. The Morgan fingerprint density at radius 2 is 1.14 bits per heavy atom. The molecule has 5 rings (SSSR count). The van der Waals surface area contributed by atoms with Crippen molar-refractivity contribution in [3.63, 3.8) is 0 Å². The first-order chi connectivity index (χ1) is 14.2. The topological polar surface area (TPSA) is 0 Å². The fourth-order valence-corrected chi connectivity index (χ4v) is 5.05. The highest BCUT2D eigenvalue weighted by atomic mass is 14.2. The Kier molecular flexibility index (Phi) is 4.87. The second kappa shape index (κ2) is 7.67. The molecule has 0 aliphatic heterocycles. The first kappa shape index (κ1) is 18.4. The molecule has 146 valence electrons. The maximum absolute atomic E-state index is 2.45. The van der Waals surface area contributed by atoms with Crippen LogP contribution in [0.2, 0.25) is 0 Å². The Labute approximate surface area is 174 Å². The van der Waals surface area contributed by atoms with E-state index in [-0.39, 0.29) is 0 Å². The van der Waals surface area contributed by atoms with Crippen LogP contribution in [0.5, 0.6) is 0 Å². The van der Waals surface area contributed by atoms with Crippen LogP contribution in [0.25, 0.3) is 21.5 Å². The van der Waals surface area contributed by atoms with Gasteiger partial charge in [0.2, 0.25) is 0 Å². The fraction of sp³-hybridized carbons (Fsp3) is 0.310. The summed E-state index contributed by atoms with van der Waals surface area (Å²) in [5.74, 6) is 0. The number of fused-ring (bicyclic) bond motifs is 3. The van der Waals surface area contributed by atoms with Crippen molar-refractivity contribution < 1.29 is 0 Å². The number of hydrogen-bond acceptors (Lipinski definition) is 0. The van der Waals surface area contributed by atoms with E-state index in [1.807, 2.05) is 0 Å². The monoisotopic (exact) mass is 378 g/mol. The summed E-state index contributed by atoms with van der Waals surface area (Å²) in [5.41, 5.74) is 9.01. The van der Waals surface area contributed by atoms with Crippen molar-refractivity contribution in [1.82, 2.24) is 0 Å². The second-order valence-electron chi connectivity index (χ2n) is 8.84. The molecule has 4 aromatic rings. The zero-order chi connectivity index (χ0) is 19.8. The SMILES string of the molecule is Cc1c2ccccc2c(C)c2cc(CCCCCc3ccc4c(c3)CC4)ccc12. The molecule has 0 nitrogen and oxygen atoms in total. The van der Waals surface area contributed by atoms with Crippen LogP contribution in [0.15, 0.2) is 60.7 Å². The van der Waals surface area contributed by atoms with E-state index in [1.165, 1.54) is 88.7 Å². The Balaban J connectivity index is 1.25. The highest BCUT2D eigenvalue weighted by Crippen LogP contribution is 2.32. The zero-order valence-electron chi connectivity index (χ0n) is 17.7. The van der Waals surface area contributed by atoms with Gasteiger partial charge in [0.05, 0.1) is 0 Å². The van der Waals surface area contributed by atoms with Crippen molar-refractivity contribution in [2.45, 2.75) is 58.8 Å². The third kappa shape index (κ3) is 3.46. The second-order valence-corrected chi connectivity index (χ2v) is 8.84. The third-order valence-corrected chi connectivity index (χ3v) is 6.99. The van der Waals surface area contributed by atoms with E-state index in [2.05, 4.69) is 74.5 Å². The lowest BCUT2D eigenvalue weighted by molar-refractivity contribution is 0.677. The molecule has 4 aromatic carbocycles. The first-order valence-corrected chi connectivity index (χ1v) is 11.2. The largest absolute Gasteiger partial charge is 0.0616 e. The summed E-state index contributed by atoms with van der Waals surface area (Å²) < 4.78 is 0. The fourth-order valence-electron chi connectivity index (χ4n) is 5.05.